The molecule has 0 radical (unpaired) electrons. The van der Waals surface area contributed by atoms with E-state index in [0.29, 0.717) is 23.8 Å². The highest BCUT2D eigenvalue weighted by atomic mass is 32.1. The number of nitrogens with zero attached hydrogens (tertiary/aromatic N) is 1. The first-order valence-electron chi connectivity index (χ1n) is 7.29. The zero-order chi connectivity index (χ0) is 16.7. The molecule has 0 N–H and O–H groups in total. The van der Waals surface area contributed by atoms with E-state index in [1.54, 1.807) is 0 Å². The quantitative estimate of drug-likeness (QED) is 0.719. The van der Waals surface area contributed by atoms with Crippen LogP contribution >= 0.6 is 11.3 Å². The summed E-state index contributed by atoms with van der Waals surface area (Å²) in [6, 6.07) is 5.74. The number of ether oxygens (including phenoxy) is 3. The van der Waals surface area contributed by atoms with Crippen LogP contribution in [0.4, 0.5) is 0 Å². The maximum absolute atomic E-state index is 11.4. The number of methoxy groups -OCH3 is 1. The van der Waals surface area contributed by atoms with E-state index in [1.165, 1.54) is 24.6 Å². The van der Waals surface area contributed by atoms with Crippen molar-refractivity contribution in [3.05, 3.63) is 39.8 Å². The average molecular weight is 333 g/mol. The van der Waals surface area contributed by atoms with Gasteiger partial charge in [0.05, 0.1) is 26.5 Å². The molecule has 0 aliphatic rings. The molecule has 0 aliphatic carbocycles. The maximum atomic E-state index is 11.4. The monoisotopic (exact) mass is 333 g/mol. The molecule has 0 saturated heterocycles. The van der Waals surface area contributed by atoms with Crippen molar-refractivity contribution in [2.24, 2.45) is 0 Å². The number of rotatable bonds is 7. The second kappa shape index (κ2) is 8.33. The highest BCUT2D eigenvalue weighted by Gasteiger charge is 2.09. The highest BCUT2D eigenvalue weighted by Crippen LogP contribution is 2.29. The lowest BCUT2D eigenvalue weighted by Gasteiger charge is -2.11. The molecule has 6 heteroatoms. The SMILES string of the molecule is CCOc1ccc(/C=C/c2ncc(C(=O)OC)s2)cc1OCC. The molecular formula is C17H19NO4S. The Labute approximate surface area is 139 Å². The second-order valence-electron chi connectivity index (χ2n) is 4.46. The first-order valence-corrected chi connectivity index (χ1v) is 8.11. The molecule has 0 aliphatic heterocycles. The van der Waals surface area contributed by atoms with Crippen molar-refractivity contribution in [1.82, 2.24) is 4.98 Å². The van der Waals surface area contributed by atoms with Gasteiger partial charge in [-0.15, -0.1) is 11.3 Å². The highest BCUT2D eigenvalue weighted by molar-refractivity contribution is 7.14. The van der Waals surface area contributed by atoms with Crippen LogP contribution in [-0.4, -0.2) is 31.3 Å². The fourth-order valence-corrected chi connectivity index (χ4v) is 2.64. The van der Waals surface area contributed by atoms with E-state index >= 15 is 0 Å². The van der Waals surface area contributed by atoms with Crippen LogP contribution in [0.15, 0.2) is 24.4 Å². The lowest BCUT2D eigenvalue weighted by Crippen LogP contribution is -1.98. The second-order valence-corrected chi connectivity index (χ2v) is 5.52. The fraction of sp³-hybridized carbons (Fsp3) is 0.294. The van der Waals surface area contributed by atoms with Gasteiger partial charge in [0, 0.05) is 0 Å². The maximum Gasteiger partial charge on any atom is 0.349 e. The summed E-state index contributed by atoms with van der Waals surface area (Å²) in [5.74, 6) is 1.07. The first-order chi connectivity index (χ1) is 11.2. The number of thiazole rings is 1. The molecule has 2 aromatic rings. The zero-order valence-electron chi connectivity index (χ0n) is 13.4. The standard InChI is InChI=1S/C17H19NO4S/c1-4-21-13-8-6-12(10-14(13)22-5-2)7-9-16-18-11-15(23-16)17(19)20-3/h6-11H,4-5H2,1-3H3/b9-7+. The van der Waals surface area contributed by atoms with Gasteiger partial charge in [-0.25, -0.2) is 9.78 Å². The van der Waals surface area contributed by atoms with Gasteiger partial charge in [0.25, 0.3) is 0 Å². The molecule has 0 amide bonds. The molecule has 23 heavy (non-hydrogen) atoms. The fourth-order valence-electron chi connectivity index (χ4n) is 1.90. The van der Waals surface area contributed by atoms with Crippen molar-refractivity contribution in [3.63, 3.8) is 0 Å². The van der Waals surface area contributed by atoms with E-state index in [2.05, 4.69) is 9.72 Å². The van der Waals surface area contributed by atoms with Gasteiger partial charge in [-0.1, -0.05) is 12.1 Å². The molecule has 0 atom stereocenters. The number of carbonyl (C=O) groups excluding carboxylic acids is 1. The average Bonchev–Trinajstić information content (AvgIpc) is 3.03. The smallest absolute Gasteiger partial charge is 0.349 e. The van der Waals surface area contributed by atoms with Gasteiger partial charge in [-0.2, -0.15) is 0 Å². The normalized spacial score (nSPS) is 10.7. The summed E-state index contributed by atoms with van der Waals surface area (Å²) in [7, 11) is 1.35. The Balaban J connectivity index is 2.17. The molecular weight excluding hydrogens is 314 g/mol. The summed E-state index contributed by atoms with van der Waals surface area (Å²) in [5.41, 5.74) is 0.965. The van der Waals surface area contributed by atoms with Crippen LogP contribution in [0, 0.1) is 0 Å². The van der Waals surface area contributed by atoms with E-state index in [4.69, 9.17) is 9.47 Å². The number of benzene rings is 1. The van der Waals surface area contributed by atoms with Crippen molar-refractivity contribution >= 4 is 29.5 Å². The Kier molecular flexibility index (Phi) is 6.17. The predicted molar refractivity (Wildman–Crippen MR) is 91.2 cm³/mol. The lowest BCUT2D eigenvalue weighted by atomic mass is 10.2. The summed E-state index contributed by atoms with van der Waals surface area (Å²) in [6.45, 7) is 5.03. The summed E-state index contributed by atoms with van der Waals surface area (Å²) >= 11 is 1.28. The van der Waals surface area contributed by atoms with E-state index in [-0.39, 0.29) is 5.97 Å². The lowest BCUT2D eigenvalue weighted by molar-refractivity contribution is 0.0606. The Morgan fingerprint density at radius 1 is 1.17 bits per heavy atom. The molecule has 2 rings (SSSR count). The van der Waals surface area contributed by atoms with Crippen molar-refractivity contribution in [2.75, 3.05) is 20.3 Å². The molecule has 1 aromatic heterocycles. The summed E-state index contributed by atoms with van der Waals surface area (Å²) in [4.78, 5) is 16.1. The molecule has 0 spiro atoms. The summed E-state index contributed by atoms with van der Waals surface area (Å²) < 4.78 is 15.8. The molecule has 5 nitrogen and oxygen atoms in total. The predicted octanol–water partition coefficient (Wildman–Crippen LogP) is 3.90. The van der Waals surface area contributed by atoms with E-state index in [0.717, 1.165) is 16.3 Å². The van der Waals surface area contributed by atoms with Crippen LogP contribution in [0.1, 0.15) is 34.1 Å². The van der Waals surface area contributed by atoms with Crippen LogP contribution in [0.5, 0.6) is 11.5 Å². The Hall–Kier alpha value is -2.34. The number of hydrogen-bond acceptors (Lipinski definition) is 6. The zero-order valence-corrected chi connectivity index (χ0v) is 14.2. The summed E-state index contributed by atoms with van der Waals surface area (Å²) in [6.07, 6.45) is 5.28. The van der Waals surface area contributed by atoms with Crippen LogP contribution in [0.25, 0.3) is 12.2 Å². The van der Waals surface area contributed by atoms with Gasteiger partial charge in [-0.3, -0.25) is 0 Å². The van der Waals surface area contributed by atoms with Gasteiger partial charge in [0.2, 0.25) is 0 Å². The van der Waals surface area contributed by atoms with Crippen LogP contribution in [0.3, 0.4) is 0 Å². The van der Waals surface area contributed by atoms with Crippen molar-refractivity contribution in [3.8, 4) is 11.5 Å². The molecule has 0 saturated carbocycles. The van der Waals surface area contributed by atoms with Gasteiger partial charge in [0.1, 0.15) is 9.88 Å². The van der Waals surface area contributed by atoms with Crippen molar-refractivity contribution in [1.29, 1.82) is 0 Å². The number of esters is 1. The van der Waals surface area contributed by atoms with Gasteiger partial charge in [0.15, 0.2) is 11.5 Å². The molecule has 0 fully saturated rings. The van der Waals surface area contributed by atoms with Gasteiger partial charge in [-0.05, 0) is 37.6 Å². The van der Waals surface area contributed by atoms with E-state index in [1.807, 2.05) is 44.2 Å². The Bertz CT molecular complexity index is 694. The molecule has 1 aromatic carbocycles. The topological polar surface area (TPSA) is 57.7 Å². The largest absolute Gasteiger partial charge is 0.490 e. The van der Waals surface area contributed by atoms with E-state index < -0.39 is 0 Å². The van der Waals surface area contributed by atoms with Crippen LogP contribution < -0.4 is 9.47 Å². The van der Waals surface area contributed by atoms with Gasteiger partial charge >= 0.3 is 5.97 Å². The first kappa shape index (κ1) is 17.0. The third-order valence-corrected chi connectivity index (χ3v) is 3.84. The minimum absolute atomic E-state index is 0.373. The Morgan fingerprint density at radius 2 is 1.91 bits per heavy atom. The Morgan fingerprint density at radius 3 is 2.61 bits per heavy atom. The van der Waals surface area contributed by atoms with Crippen LogP contribution in [-0.2, 0) is 4.74 Å². The molecule has 122 valence electrons. The van der Waals surface area contributed by atoms with Crippen LogP contribution in [0.2, 0.25) is 0 Å². The molecule has 0 unspecified atom stereocenters. The van der Waals surface area contributed by atoms with Gasteiger partial charge < -0.3 is 14.2 Å². The number of hydrogen-bond donors (Lipinski definition) is 0. The molecule has 1 heterocycles. The minimum Gasteiger partial charge on any atom is -0.490 e. The third kappa shape index (κ3) is 4.56. The molecule has 0 bridgehead atoms. The number of aromatic nitrogens is 1. The van der Waals surface area contributed by atoms with E-state index in [9.17, 15) is 4.79 Å². The van der Waals surface area contributed by atoms with Crippen molar-refractivity contribution < 1.29 is 19.0 Å². The number of carbonyl (C=O) groups is 1. The summed E-state index contributed by atoms with van der Waals surface area (Å²) in [5, 5.41) is 0.734. The van der Waals surface area contributed by atoms with Crippen molar-refractivity contribution in [2.45, 2.75) is 13.8 Å². The minimum atomic E-state index is -0.373. The third-order valence-electron chi connectivity index (χ3n) is 2.90.